The smallest absolute Gasteiger partial charge is 0.212 e. The number of carbonyl (C=O) groups excluding carboxylic acids is 1. The van der Waals surface area contributed by atoms with E-state index in [1.165, 1.54) is 32.1 Å². The molecule has 0 aliphatic carbocycles. The highest BCUT2D eigenvalue weighted by atomic mass is 32.1. The number of amides is 1. The van der Waals surface area contributed by atoms with Gasteiger partial charge >= 0.3 is 0 Å². The Balaban J connectivity index is 0.000000162. The third kappa shape index (κ3) is 5.28. The van der Waals surface area contributed by atoms with Gasteiger partial charge in [0.2, 0.25) is 6.41 Å². The van der Waals surface area contributed by atoms with E-state index in [1.807, 2.05) is 0 Å². The molecule has 0 atom stereocenters. The lowest BCUT2D eigenvalue weighted by molar-refractivity contribution is -0.105. The number of hydrogen-bond acceptors (Lipinski definition) is 6. The minimum absolute atomic E-state index is 0.403. The average molecular weight is 227 g/mol. The average Bonchev–Trinajstić information content (AvgIpc) is 2.72. The molecule has 82 valence electrons. The quantitative estimate of drug-likeness (QED) is 0.564. The minimum atomic E-state index is 0.403. The van der Waals surface area contributed by atoms with Crippen LogP contribution in [0.15, 0.2) is 12.3 Å². The monoisotopic (exact) mass is 227 g/mol. The number of nitrogens with one attached hydrogen (secondary N) is 1. The molecule has 0 saturated carbocycles. The molecule has 1 aromatic heterocycles. The van der Waals surface area contributed by atoms with Crippen molar-refractivity contribution < 1.29 is 4.79 Å². The first kappa shape index (κ1) is 11.9. The third-order valence-electron chi connectivity index (χ3n) is 1.79. The number of rotatable bonds is 2. The van der Waals surface area contributed by atoms with Gasteiger partial charge in [0.05, 0.1) is 6.20 Å². The summed E-state index contributed by atoms with van der Waals surface area (Å²) >= 11 is 4.13. The van der Waals surface area contributed by atoms with Crippen LogP contribution in [0, 0.1) is 0 Å². The van der Waals surface area contributed by atoms with Crippen molar-refractivity contribution in [1.29, 1.82) is 0 Å². The molecule has 15 heavy (non-hydrogen) atoms. The number of carbonyl (C=O) groups is 1. The van der Waals surface area contributed by atoms with Gasteiger partial charge in [0.1, 0.15) is 0 Å². The zero-order valence-electron chi connectivity index (χ0n) is 8.20. The van der Waals surface area contributed by atoms with Gasteiger partial charge in [-0.15, -0.1) is 10.2 Å². The fourth-order valence-corrected chi connectivity index (χ4v) is 1.36. The molecule has 0 unspecified atom stereocenters. The van der Waals surface area contributed by atoms with E-state index in [0.717, 1.165) is 0 Å². The van der Waals surface area contributed by atoms with E-state index in [4.69, 9.17) is 0 Å². The summed E-state index contributed by atoms with van der Waals surface area (Å²) in [6, 6.07) is 1.54. The van der Waals surface area contributed by atoms with Crippen molar-refractivity contribution in [2.75, 3.05) is 18.4 Å². The standard InChI is InChI=1S/C4H4N4O.C4H9NS/c9-3-5-4-1-2-6-8-7-4;6-5-3-1-2-4-5/h1-3H,(H,5,6,7,9);6H,1-4H2. The molecule has 0 aromatic carbocycles. The maximum Gasteiger partial charge on any atom is 0.212 e. The zero-order chi connectivity index (χ0) is 10.9. The van der Waals surface area contributed by atoms with E-state index in [-0.39, 0.29) is 0 Å². The summed E-state index contributed by atoms with van der Waals surface area (Å²) in [5.41, 5.74) is 0. The molecule has 1 N–H and O–H groups in total. The van der Waals surface area contributed by atoms with Gasteiger partial charge in [0.15, 0.2) is 5.82 Å². The van der Waals surface area contributed by atoms with Crippen molar-refractivity contribution in [1.82, 2.24) is 19.7 Å². The van der Waals surface area contributed by atoms with Gasteiger partial charge in [-0.3, -0.25) is 9.10 Å². The number of anilines is 1. The van der Waals surface area contributed by atoms with Crippen molar-refractivity contribution in [3.05, 3.63) is 12.3 Å². The van der Waals surface area contributed by atoms with E-state index in [1.54, 1.807) is 6.07 Å². The highest BCUT2D eigenvalue weighted by molar-refractivity contribution is 7.77. The lowest BCUT2D eigenvalue weighted by Gasteiger charge is -1.99. The van der Waals surface area contributed by atoms with Gasteiger partial charge in [-0.25, -0.2) is 0 Å². The van der Waals surface area contributed by atoms with E-state index < -0.39 is 0 Å². The van der Waals surface area contributed by atoms with Gasteiger partial charge in [-0.1, -0.05) is 12.8 Å². The predicted molar refractivity (Wildman–Crippen MR) is 59.3 cm³/mol. The van der Waals surface area contributed by atoms with Crippen molar-refractivity contribution in [3.8, 4) is 0 Å². The molecule has 7 heteroatoms. The number of aromatic nitrogens is 3. The first-order chi connectivity index (χ1) is 7.33. The van der Waals surface area contributed by atoms with Crippen LogP contribution in [-0.2, 0) is 4.79 Å². The molecule has 1 fully saturated rings. The number of thiol groups is 1. The van der Waals surface area contributed by atoms with Gasteiger partial charge < -0.3 is 5.32 Å². The highest BCUT2D eigenvalue weighted by Gasteiger charge is 2.04. The Kier molecular flexibility index (Phi) is 5.64. The lowest BCUT2D eigenvalue weighted by atomic mass is 10.4. The molecule has 1 aromatic rings. The number of nitrogens with zero attached hydrogens (tertiary/aromatic N) is 4. The largest absolute Gasteiger partial charge is 0.312 e. The summed E-state index contributed by atoms with van der Waals surface area (Å²) in [7, 11) is 0. The second-order valence-corrected chi connectivity index (χ2v) is 3.49. The summed E-state index contributed by atoms with van der Waals surface area (Å²) in [5.74, 6) is 0.403. The van der Waals surface area contributed by atoms with Gasteiger partial charge in [-0.05, 0) is 18.1 Å². The zero-order valence-corrected chi connectivity index (χ0v) is 9.10. The second kappa shape index (κ2) is 7.13. The normalized spacial score (nSPS) is 15.3. The molecule has 1 aliphatic rings. The van der Waals surface area contributed by atoms with E-state index in [0.29, 0.717) is 12.2 Å². The predicted octanol–water partition coefficient (Wildman–Crippen LogP) is 0.367. The Hall–Kier alpha value is -1.21. The topological polar surface area (TPSA) is 71.0 Å². The summed E-state index contributed by atoms with van der Waals surface area (Å²) in [6.45, 7) is 2.37. The van der Waals surface area contributed by atoms with Crippen LogP contribution in [0.25, 0.3) is 0 Å². The fraction of sp³-hybridized carbons (Fsp3) is 0.500. The number of hydrogen-bond donors (Lipinski definition) is 2. The van der Waals surface area contributed by atoms with Crippen LogP contribution < -0.4 is 5.32 Å². The first-order valence-corrected chi connectivity index (χ1v) is 5.01. The van der Waals surface area contributed by atoms with Crippen molar-refractivity contribution in [2.45, 2.75) is 12.8 Å². The van der Waals surface area contributed by atoms with Gasteiger partial charge in [-0.2, -0.15) is 0 Å². The van der Waals surface area contributed by atoms with Gasteiger partial charge in [0, 0.05) is 19.2 Å². The maximum absolute atomic E-state index is 9.77. The molecular weight excluding hydrogens is 214 g/mol. The van der Waals surface area contributed by atoms with Gasteiger partial charge in [0.25, 0.3) is 0 Å². The Labute approximate surface area is 93.6 Å². The lowest BCUT2D eigenvalue weighted by Crippen LogP contribution is -2.02. The molecule has 6 nitrogen and oxygen atoms in total. The maximum atomic E-state index is 9.77. The van der Waals surface area contributed by atoms with E-state index in [2.05, 4.69) is 37.8 Å². The van der Waals surface area contributed by atoms with Crippen LogP contribution >= 0.6 is 12.8 Å². The first-order valence-electron chi connectivity index (χ1n) is 4.61. The highest BCUT2D eigenvalue weighted by Crippen LogP contribution is 2.07. The van der Waals surface area contributed by atoms with Crippen LogP contribution in [0.2, 0.25) is 0 Å². The molecular formula is C8H13N5OS. The molecule has 1 aliphatic heterocycles. The third-order valence-corrected chi connectivity index (χ3v) is 2.19. The second-order valence-electron chi connectivity index (χ2n) is 2.93. The summed E-state index contributed by atoms with van der Waals surface area (Å²) < 4.78 is 2.06. The van der Waals surface area contributed by atoms with E-state index >= 15 is 0 Å². The molecule has 1 saturated heterocycles. The van der Waals surface area contributed by atoms with Crippen molar-refractivity contribution >= 4 is 25.0 Å². The minimum Gasteiger partial charge on any atom is -0.312 e. The van der Waals surface area contributed by atoms with Crippen LogP contribution in [0.1, 0.15) is 12.8 Å². The fourth-order valence-electron chi connectivity index (χ4n) is 1.08. The molecule has 0 spiro atoms. The molecule has 0 bridgehead atoms. The van der Waals surface area contributed by atoms with Crippen LogP contribution in [0.5, 0.6) is 0 Å². The summed E-state index contributed by atoms with van der Waals surface area (Å²) in [5, 5.41) is 12.5. The molecule has 0 radical (unpaired) electrons. The SMILES string of the molecule is O=CNc1ccnnn1.SN1CCCC1. The Morgan fingerprint density at radius 1 is 1.47 bits per heavy atom. The molecule has 2 rings (SSSR count). The summed E-state index contributed by atoms with van der Waals surface area (Å²) in [6.07, 6.45) is 4.65. The Bertz CT molecular complexity index is 278. The van der Waals surface area contributed by atoms with Crippen LogP contribution in [-0.4, -0.2) is 39.2 Å². The Morgan fingerprint density at radius 2 is 2.20 bits per heavy atom. The van der Waals surface area contributed by atoms with Crippen molar-refractivity contribution in [3.63, 3.8) is 0 Å². The Morgan fingerprint density at radius 3 is 2.60 bits per heavy atom. The van der Waals surface area contributed by atoms with Crippen LogP contribution in [0.4, 0.5) is 5.82 Å². The van der Waals surface area contributed by atoms with Crippen molar-refractivity contribution in [2.24, 2.45) is 0 Å². The molecule has 1 amide bonds. The summed E-state index contributed by atoms with van der Waals surface area (Å²) in [4.78, 5) is 9.77. The molecule has 2 heterocycles. The van der Waals surface area contributed by atoms with E-state index in [9.17, 15) is 4.79 Å². The van der Waals surface area contributed by atoms with Crippen LogP contribution in [0.3, 0.4) is 0 Å².